The monoisotopic (exact) mass is 166 g/mol. The van der Waals surface area contributed by atoms with Crippen molar-refractivity contribution in [1.82, 2.24) is 4.98 Å². The first-order valence-corrected chi connectivity index (χ1v) is 3.63. The number of pyridine rings is 1. The first kappa shape index (κ1) is 7.21. The Balaban J connectivity index is 2.53. The zero-order chi connectivity index (χ0) is 8.55. The number of hydrogen-bond acceptors (Lipinski definition) is 3. The van der Waals surface area contributed by atoms with Crippen molar-refractivity contribution in [2.24, 2.45) is 0 Å². The second kappa shape index (κ2) is 2.55. The smallest absolute Gasteiger partial charge is 0.149 e. The van der Waals surface area contributed by atoms with Crippen molar-refractivity contribution in [2.45, 2.75) is 6.42 Å². The van der Waals surface area contributed by atoms with Gasteiger partial charge in [-0.05, 0) is 0 Å². The molecule has 0 aliphatic carbocycles. The summed E-state index contributed by atoms with van der Waals surface area (Å²) in [6, 6.07) is 1.26. The van der Waals surface area contributed by atoms with Crippen LogP contribution in [-0.4, -0.2) is 17.3 Å². The van der Waals surface area contributed by atoms with E-state index in [2.05, 4.69) is 4.98 Å². The fraction of sp³-hybridized carbons (Fsp3) is 0.250. The molecule has 4 heteroatoms. The minimum Gasteiger partial charge on any atom is -0.491 e. The molecule has 1 aliphatic heterocycles. The molecule has 1 aromatic rings. The fourth-order valence-corrected chi connectivity index (χ4v) is 1.14. The predicted octanol–water partition coefficient (Wildman–Crippen LogP) is 1.37. The molecule has 0 unspecified atom stereocenters. The van der Waals surface area contributed by atoms with E-state index in [1.165, 1.54) is 6.07 Å². The second-order valence-electron chi connectivity index (χ2n) is 2.58. The zero-order valence-electron chi connectivity index (χ0n) is 6.30. The van der Waals surface area contributed by atoms with Crippen LogP contribution in [0.5, 0.6) is 5.75 Å². The van der Waals surface area contributed by atoms with Crippen LogP contribution in [0.2, 0.25) is 0 Å². The summed E-state index contributed by atoms with van der Waals surface area (Å²) >= 11 is 0. The third-order valence-corrected chi connectivity index (χ3v) is 1.71. The van der Waals surface area contributed by atoms with Crippen LogP contribution in [-0.2, 0) is 0 Å². The summed E-state index contributed by atoms with van der Waals surface area (Å²) in [7, 11) is 0. The maximum atomic E-state index is 12.6. The largest absolute Gasteiger partial charge is 0.491 e. The SMILES string of the molecule is N=C1CCOc2cc(F)cnc21. The van der Waals surface area contributed by atoms with Gasteiger partial charge < -0.3 is 10.1 Å². The average Bonchev–Trinajstić information content (AvgIpc) is 2.04. The molecule has 12 heavy (non-hydrogen) atoms. The van der Waals surface area contributed by atoms with E-state index in [0.717, 1.165) is 6.20 Å². The lowest BCUT2D eigenvalue weighted by molar-refractivity contribution is 0.316. The van der Waals surface area contributed by atoms with Crippen LogP contribution in [0.25, 0.3) is 0 Å². The van der Waals surface area contributed by atoms with Gasteiger partial charge in [-0.1, -0.05) is 0 Å². The van der Waals surface area contributed by atoms with Gasteiger partial charge in [-0.3, -0.25) is 0 Å². The van der Waals surface area contributed by atoms with Crippen LogP contribution >= 0.6 is 0 Å². The summed E-state index contributed by atoms with van der Waals surface area (Å²) in [5.74, 6) is -0.0466. The average molecular weight is 166 g/mol. The summed E-state index contributed by atoms with van der Waals surface area (Å²) in [5.41, 5.74) is 0.874. The van der Waals surface area contributed by atoms with Gasteiger partial charge in [0.25, 0.3) is 0 Å². The molecular formula is C8H7FN2O. The van der Waals surface area contributed by atoms with Crippen LogP contribution in [0.4, 0.5) is 4.39 Å². The minimum absolute atomic E-state index is 0.381. The van der Waals surface area contributed by atoms with Crippen molar-refractivity contribution < 1.29 is 9.13 Å². The maximum absolute atomic E-state index is 12.6. The Bertz CT molecular complexity index is 338. The highest BCUT2D eigenvalue weighted by atomic mass is 19.1. The van der Waals surface area contributed by atoms with E-state index in [1.54, 1.807) is 0 Å². The van der Waals surface area contributed by atoms with Gasteiger partial charge in [0.2, 0.25) is 0 Å². The fourth-order valence-electron chi connectivity index (χ4n) is 1.14. The summed E-state index contributed by atoms with van der Waals surface area (Å²) in [5, 5.41) is 7.48. The predicted molar refractivity (Wildman–Crippen MR) is 41.1 cm³/mol. The summed E-state index contributed by atoms with van der Waals surface area (Å²) in [4.78, 5) is 3.78. The Labute approximate surface area is 68.7 Å². The van der Waals surface area contributed by atoms with Crippen molar-refractivity contribution in [3.05, 3.63) is 23.8 Å². The van der Waals surface area contributed by atoms with E-state index in [-0.39, 0.29) is 0 Å². The van der Waals surface area contributed by atoms with Crippen molar-refractivity contribution in [3.63, 3.8) is 0 Å². The van der Waals surface area contributed by atoms with Crippen LogP contribution in [0.1, 0.15) is 12.1 Å². The second-order valence-corrected chi connectivity index (χ2v) is 2.58. The van der Waals surface area contributed by atoms with E-state index in [9.17, 15) is 4.39 Å². The van der Waals surface area contributed by atoms with Crippen LogP contribution in [0.3, 0.4) is 0 Å². The van der Waals surface area contributed by atoms with Crippen LogP contribution in [0.15, 0.2) is 12.3 Å². The van der Waals surface area contributed by atoms with Gasteiger partial charge >= 0.3 is 0 Å². The summed E-state index contributed by atoms with van der Waals surface area (Å²) in [6.07, 6.45) is 1.65. The first-order chi connectivity index (χ1) is 5.77. The molecular weight excluding hydrogens is 159 g/mol. The Kier molecular flexibility index (Phi) is 1.53. The molecule has 0 fully saturated rings. The Hall–Kier alpha value is -1.45. The standard InChI is InChI=1S/C8H7FN2O/c9-5-3-7-8(11-4-5)6(10)1-2-12-7/h3-4,10H,1-2H2. The number of nitrogens with zero attached hydrogens (tertiary/aromatic N) is 1. The number of fused-ring (bicyclic) bond motifs is 1. The third kappa shape index (κ3) is 1.05. The lowest BCUT2D eigenvalue weighted by Gasteiger charge is -2.16. The highest BCUT2D eigenvalue weighted by Crippen LogP contribution is 2.22. The first-order valence-electron chi connectivity index (χ1n) is 3.63. The Morgan fingerprint density at radius 1 is 1.58 bits per heavy atom. The number of rotatable bonds is 0. The molecule has 0 spiro atoms. The van der Waals surface area contributed by atoms with Gasteiger partial charge in [0.1, 0.15) is 17.3 Å². The molecule has 2 heterocycles. The minimum atomic E-state index is -0.427. The van der Waals surface area contributed by atoms with Gasteiger partial charge in [-0.15, -0.1) is 0 Å². The molecule has 0 saturated carbocycles. The summed E-state index contributed by atoms with van der Waals surface area (Å²) in [6.45, 7) is 0.441. The van der Waals surface area contributed by atoms with Crippen LogP contribution < -0.4 is 4.74 Å². The third-order valence-electron chi connectivity index (χ3n) is 1.71. The van der Waals surface area contributed by atoms with Gasteiger partial charge in [-0.25, -0.2) is 9.37 Å². The highest BCUT2D eigenvalue weighted by Gasteiger charge is 2.16. The van der Waals surface area contributed by atoms with Crippen LogP contribution in [0, 0.1) is 11.2 Å². The number of hydrogen-bond donors (Lipinski definition) is 1. The highest BCUT2D eigenvalue weighted by molar-refractivity contribution is 5.99. The van der Waals surface area contributed by atoms with E-state index in [1.807, 2.05) is 0 Å². The molecule has 0 amide bonds. The topological polar surface area (TPSA) is 46.0 Å². The zero-order valence-corrected chi connectivity index (χ0v) is 6.30. The molecule has 62 valence electrons. The molecule has 1 aliphatic rings. The molecule has 2 rings (SSSR count). The molecule has 0 bridgehead atoms. The Morgan fingerprint density at radius 3 is 3.25 bits per heavy atom. The molecule has 3 nitrogen and oxygen atoms in total. The lowest BCUT2D eigenvalue weighted by atomic mass is 10.1. The molecule has 0 aromatic carbocycles. The lowest BCUT2D eigenvalue weighted by Crippen LogP contribution is -2.16. The van der Waals surface area contributed by atoms with Gasteiger partial charge in [-0.2, -0.15) is 0 Å². The quantitative estimate of drug-likeness (QED) is 0.632. The molecule has 1 aromatic heterocycles. The van der Waals surface area contributed by atoms with Crippen molar-refractivity contribution >= 4 is 5.71 Å². The molecule has 0 radical (unpaired) electrons. The maximum Gasteiger partial charge on any atom is 0.149 e. The van der Waals surface area contributed by atoms with Crippen molar-refractivity contribution in [1.29, 1.82) is 5.41 Å². The van der Waals surface area contributed by atoms with Gasteiger partial charge in [0.05, 0.1) is 18.5 Å². The molecule has 0 atom stereocenters. The van der Waals surface area contributed by atoms with E-state index in [0.29, 0.717) is 30.2 Å². The van der Waals surface area contributed by atoms with Gasteiger partial charge in [0.15, 0.2) is 0 Å². The Morgan fingerprint density at radius 2 is 2.42 bits per heavy atom. The van der Waals surface area contributed by atoms with Gasteiger partial charge in [0, 0.05) is 12.5 Å². The van der Waals surface area contributed by atoms with E-state index < -0.39 is 5.82 Å². The van der Waals surface area contributed by atoms with Crippen molar-refractivity contribution in [2.75, 3.05) is 6.61 Å². The number of halogens is 1. The molecule has 1 N–H and O–H groups in total. The molecule has 0 saturated heterocycles. The van der Waals surface area contributed by atoms with E-state index in [4.69, 9.17) is 10.1 Å². The number of nitrogens with one attached hydrogen (secondary N) is 1. The van der Waals surface area contributed by atoms with E-state index >= 15 is 0 Å². The van der Waals surface area contributed by atoms with Crippen molar-refractivity contribution in [3.8, 4) is 5.75 Å². The number of ether oxygens (including phenoxy) is 1. The number of aromatic nitrogens is 1. The summed E-state index contributed by atoms with van der Waals surface area (Å²) < 4.78 is 17.7. The normalized spacial score (nSPS) is 15.2.